The number of fused-ring (bicyclic) bond motifs is 1. The Bertz CT molecular complexity index is 1530. The number of benzene rings is 1. The number of methoxy groups -OCH3 is 1. The normalized spacial score (nSPS) is 23.2. The summed E-state index contributed by atoms with van der Waals surface area (Å²) in [6.45, 7) is 15.0. The van der Waals surface area contributed by atoms with Gasteiger partial charge in [-0.1, -0.05) is 25.1 Å². The lowest BCUT2D eigenvalue weighted by molar-refractivity contribution is -0.651. The fourth-order valence-corrected chi connectivity index (χ4v) is 6.98. The van der Waals surface area contributed by atoms with E-state index in [0.29, 0.717) is 45.2 Å². The Morgan fingerprint density at radius 1 is 1.16 bits per heavy atom. The molecular formula is C38H58FN8O2S2+. The largest absolute Gasteiger partial charge is 0.467 e. The first-order valence-electron chi connectivity index (χ1n) is 17.8. The molecule has 0 bridgehead atoms. The van der Waals surface area contributed by atoms with Crippen LogP contribution in [0.4, 0.5) is 15.9 Å². The van der Waals surface area contributed by atoms with Crippen LogP contribution in [0.2, 0.25) is 0 Å². The van der Waals surface area contributed by atoms with Gasteiger partial charge in [-0.05, 0) is 82.5 Å². The highest BCUT2D eigenvalue weighted by molar-refractivity contribution is 7.79. The zero-order valence-electron chi connectivity index (χ0n) is 31.6. The molecule has 0 spiro atoms. The van der Waals surface area contributed by atoms with Crippen molar-refractivity contribution in [3.63, 3.8) is 0 Å². The maximum atomic E-state index is 13.4. The van der Waals surface area contributed by atoms with Gasteiger partial charge in [0.15, 0.2) is 0 Å². The molecule has 2 aromatic rings. The maximum Gasteiger partial charge on any atom is 0.354 e. The van der Waals surface area contributed by atoms with Gasteiger partial charge in [0.2, 0.25) is 0 Å². The van der Waals surface area contributed by atoms with Crippen LogP contribution in [0.1, 0.15) is 55.5 Å². The van der Waals surface area contributed by atoms with Gasteiger partial charge in [-0.15, -0.1) is 0 Å². The highest BCUT2D eigenvalue weighted by atomic mass is 32.1. The monoisotopic (exact) mass is 741 g/mol. The number of rotatable bonds is 6. The van der Waals surface area contributed by atoms with Crippen LogP contribution < -0.4 is 14.5 Å². The number of likely N-dealkylation sites (tertiary alicyclic amines) is 2. The summed E-state index contributed by atoms with van der Waals surface area (Å²) in [5.41, 5.74) is 5.85. The summed E-state index contributed by atoms with van der Waals surface area (Å²) in [6.07, 6.45) is 12.2. The molecule has 13 heteroatoms. The van der Waals surface area contributed by atoms with Crippen molar-refractivity contribution in [1.82, 2.24) is 19.8 Å². The number of piperidine rings is 1. The molecular weight excluding hydrogens is 684 g/mol. The Kier molecular flexibility index (Phi) is 17.2. The van der Waals surface area contributed by atoms with Crippen molar-refractivity contribution < 1.29 is 17.8 Å². The topological polar surface area (TPSA) is 88.8 Å². The predicted octanol–water partition coefficient (Wildman–Crippen LogP) is 6.17. The summed E-state index contributed by atoms with van der Waals surface area (Å²) >= 11 is 8.22. The number of alkyl halides is 1. The number of quaternary nitrogens is 1. The lowest BCUT2D eigenvalue weighted by Crippen LogP contribution is -2.47. The van der Waals surface area contributed by atoms with Crippen LogP contribution in [0, 0.1) is 31.1 Å². The minimum atomic E-state index is -0.765. The number of aromatic nitrogens is 2. The van der Waals surface area contributed by atoms with Crippen molar-refractivity contribution in [3.8, 4) is 12.1 Å². The summed E-state index contributed by atoms with van der Waals surface area (Å²) in [4.78, 5) is 31.2. The molecule has 1 aromatic heterocycles. The molecule has 4 aliphatic rings. The third-order valence-electron chi connectivity index (χ3n) is 9.65. The molecule has 2 saturated heterocycles. The van der Waals surface area contributed by atoms with Crippen molar-refractivity contribution in [2.45, 2.75) is 66.1 Å². The first kappa shape index (κ1) is 42.3. The summed E-state index contributed by atoms with van der Waals surface area (Å²) in [7, 11) is 3.79. The van der Waals surface area contributed by atoms with E-state index in [-0.39, 0.29) is 9.80 Å². The third kappa shape index (κ3) is 11.9. The van der Waals surface area contributed by atoms with Crippen LogP contribution >= 0.6 is 25.4 Å². The molecule has 4 aliphatic heterocycles. The molecule has 0 saturated carbocycles. The number of aryl methyl sites for hydroxylation is 1. The standard InChI is InChI=1S/C28H36FN6O2S.C7H15N.C2H3N.CH4S/c1-20-6-4-7-25(21(20)2)34-13-10-23-24(19-34)30-28(37-3)31-27(23)33-14-16-35(38,17-15-33)26(36)8-5-11-32-12-9-22(29)18-32;1-7-4-3-5-8(2)6-7;1-2-3;1-2/h4-8,14,16,22,38H,9-13,15,17-19H2,1-3H3;7H,3-6H2,1-2H3;1H3;2H,1H3/q+1;;;/b8-5+;;;. The second-order valence-electron chi connectivity index (χ2n) is 13.5. The average Bonchev–Trinajstić information content (AvgIpc) is 3.55. The Labute approximate surface area is 316 Å². The fraction of sp³-hybridized carbons (Fsp3) is 0.579. The molecule has 3 unspecified atom stereocenters. The van der Waals surface area contributed by atoms with Gasteiger partial charge in [-0.2, -0.15) is 31.7 Å². The van der Waals surface area contributed by atoms with Gasteiger partial charge in [0.1, 0.15) is 24.7 Å². The Hall–Kier alpha value is -3.15. The van der Waals surface area contributed by atoms with Crippen LogP contribution in [-0.4, -0.2) is 109 Å². The van der Waals surface area contributed by atoms with E-state index in [0.717, 1.165) is 42.5 Å². The zero-order chi connectivity index (χ0) is 37.6. The maximum absolute atomic E-state index is 13.4. The van der Waals surface area contributed by atoms with Gasteiger partial charge in [-0.3, -0.25) is 4.90 Å². The lowest BCUT2D eigenvalue weighted by Gasteiger charge is -2.35. The van der Waals surface area contributed by atoms with E-state index in [1.165, 1.54) is 49.7 Å². The quantitative estimate of drug-likeness (QED) is 0.205. The first-order valence-corrected chi connectivity index (χ1v) is 19.1. The molecule has 51 heavy (non-hydrogen) atoms. The third-order valence-corrected chi connectivity index (χ3v) is 10.2. The van der Waals surface area contributed by atoms with Crippen molar-refractivity contribution in [2.24, 2.45) is 5.92 Å². The molecule has 5 heterocycles. The summed E-state index contributed by atoms with van der Waals surface area (Å²) in [5, 5.41) is 7.32. The molecule has 280 valence electrons. The summed E-state index contributed by atoms with van der Waals surface area (Å²) < 4.78 is 18.7. The number of amides is 1. The average molecular weight is 742 g/mol. The number of hydrogen-bond donors (Lipinski definition) is 2. The number of carbonyl (C=O) groups excluding carboxylic acids is 1. The fourth-order valence-electron chi connectivity index (χ4n) is 6.77. The molecule has 0 aliphatic carbocycles. The number of thiol groups is 2. The van der Waals surface area contributed by atoms with Gasteiger partial charge in [0, 0.05) is 57.0 Å². The second-order valence-corrected chi connectivity index (χ2v) is 14.2. The van der Waals surface area contributed by atoms with E-state index < -0.39 is 6.17 Å². The van der Waals surface area contributed by atoms with E-state index >= 15 is 0 Å². The van der Waals surface area contributed by atoms with Gasteiger partial charge >= 0.3 is 11.9 Å². The van der Waals surface area contributed by atoms with Gasteiger partial charge in [0.05, 0.1) is 51.0 Å². The Morgan fingerprint density at radius 3 is 2.49 bits per heavy atom. The van der Waals surface area contributed by atoms with Gasteiger partial charge in [-0.25, -0.2) is 9.18 Å². The van der Waals surface area contributed by atoms with Crippen molar-refractivity contribution in [1.29, 1.82) is 5.26 Å². The number of carbonyl (C=O) groups is 1. The number of halogens is 1. The molecule has 1 amide bonds. The minimum absolute atomic E-state index is 0.119. The van der Waals surface area contributed by atoms with Crippen molar-refractivity contribution in [3.05, 3.63) is 65.1 Å². The first-order chi connectivity index (χ1) is 24.5. The van der Waals surface area contributed by atoms with Gasteiger partial charge in [0.25, 0.3) is 0 Å². The number of nitriles is 1. The van der Waals surface area contributed by atoms with Crippen LogP contribution in [-0.2, 0) is 17.8 Å². The second kappa shape index (κ2) is 20.8. The predicted molar refractivity (Wildman–Crippen MR) is 212 cm³/mol. The van der Waals surface area contributed by atoms with E-state index in [4.69, 9.17) is 20.0 Å². The van der Waals surface area contributed by atoms with E-state index in [1.54, 1.807) is 31.7 Å². The highest BCUT2D eigenvalue weighted by Gasteiger charge is 2.35. The molecule has 1 aromatic carbocycles. The molecule has 3 atom stereocenters. The van der Waals surface area contributed by atoms with Crippen LogP contribution in [0.15, 0.2) is 42.8 Å². The summed E-state index contributed by atoms with van der Waals surface area (Å²) in [5.74, 6) is 1.64. The van der Waals surface area contributed by atoms with Crippen molar-refractivity contribution >= 4 is 42.9 Å². The van der Waals surface area contributed by atoms with E-state index in [2.05, 4.69) is 86.2 Å². The number of anilines is 2. The molecule has 0 N–H and O–H groups in total. The number of ether oxygens (including phenoxy) is 1. The van der Waals surface area contributed by atoms with Crippen LogP contribution in [0.3, 0.4) is 0 Å². The summed E-state index contributed by atoms with van der Waals surface area (Å²) in [6, 6.07) is 8.49. The Morgan fingerprint density at radius 2 is 1.90 bits per heavy atom. The minimum Gasteiger partial charge on any atom is -0.467 e. The zero-order valence-corrected chi connectivity index (χ0v) is 33.3. The molecule has 0 radical (unpaired) electrons. The van der Waals surface area contributed by atoms with Crippen LogP contribution in [0.25, 0.3) is 0 Å². The van der Waals surface area contributed by atoms with E-state index in [9.17, 15) is 9.18 Å². The molecule has 10 nitrogen and oxygen atoms in total. The SMILES string of the molecule is CC#N.CC1CCCN(C)C1.COc1nc2c(c(N3C=C[N+](S)(C(=O)/C=C/CN4CCC(F)C4)CC3)n1)CCN(c1cccc(C)c1C)C2.CS. The number of hydrogen-bond acceptors (Lipinski definition) is 11. The number of nitrogens with zero attached hydrogens (tertiary/aromatic N) is 8. The van der Waals surface area contributed by atoms with Crippen molar-refractivity contribution in [2.75, 3.05) is 82.6 Å². The molecule has 2 fully saturated rings. The highest BCUT2D eigenvalue weighted by Crippen LogP contribution is 2.34. The smallest absolute Gasteiger partial charge is 0.354 e. The molecule has 6 rings (SSSR count). The van der Waals surface area contributed by atoms with Gasteiger partial charge < -0.3 is 19.4 Å². The van der Waals surface area contributed by atoms with E-state index in [1.807, 2.05) is 17.2 Å². The Balaban J connectivity index is 0.000000461. The lowest BCUT2D eigenvalue weighted by atomic mass is 10.0. The van der Waals surface area contributed by atoms with Crippen LogP contribution in [0.5, 0.6) is 6.01 Å².